The summed E-state index contributed by atoms with van der Waals surface area (Å²) in [7, 11) is 3.50. The van der Waals surface area contributed by atoms with E-state index in [4.69, 9.17) is 9.47 Å². The Kier molecular flexibility index (Phi) is 8.18. The number of hydrogen-bond acceptors (Lipinski definition) is 5. The average molecular weight is 353 g/mol. The lowest BCUT2D eigenvalue weighted by Crippen LogP contribution is -2.47. The second-order valence-electron chi connectivity index (χ2n) is 5.59. The van der Waals surface area contributed by atoms with Crippen LogP contribution in [0, 0.1) is 0 Å². The van der Waals surface area contributed by atoms with Crippen LogP contribution in [0.25, 0.3) is 0 Å². The fraction of sp³-hybridized carbons (Fsp3) is 0.647. The largest absolute Gasteiger partial charge is 0.475 e. The van der Waals surface area contributed by atoms with Crippen molar-refractivity contribution in [2.75, 3.05) is 46.2 Å². The van der Waals surface area contributed by atoms with Crippen LogP contribution in [0.4, 0.5) is 0 Å². The first-order chi connectivity index (χ1) is 11.8. The Morgan fingerprint density at radius 1 is 1.46 bits per heavy atom. The molecule has 1 aromatic rings. The predicted octanol–water partition coefficient (Wildman–Crippen LogP) is 2.01. The van der Waals surface area contributed by atoms with Gasteiger partial charge in [0.1, 0.15) is 6.61 Å². The first-order valence-corrected chi connectivity index (χ1v) is 9.45. The predicted molar refractivity (Wildman–Crippen MR) is 99.9 cm³/mol. The molecular formula is C17H28N4O2S. The topological polar surface area (TPSA) is 59.0 Å². The minimum absolute atomic E-state index is 0.513. The van der Waals surface area contributed by atoms with Gasteiger partial charge < -0.3 is 19.7 Å². The number of guanidine groups is 1. The van der Waals surface area contributed by atoms with Gasteiger partial charge in [0.2, 0.25) is 5.88 Å². The van der Waals surface area contributed by atoms with Crippen molar-refractivity contribution in [3.05, 3.63) is 23.9 Å². The zero-order chi connectivity index (χ0) is 17.2. The molecule has 1 aromatic heterocycles. The summed E-state index contributed by atoms with van der Waals surface area (Å²) in [6, 6.07) is 3.91. The van der Waals surface area contributed by atoms with Gasteiger partial charge in [-0.15, -0.1) is 0 Å². The number of rotatable bonds is 7. The molecule has 0 spiro atoms. The zero-order valence-corrected chi connectivity index (χ0v) is 15.6. The lowest BCUT2D eigenvalue weighted by atomic mass is 10.3. The third-order valence-electron chi connectivity index (χ3n) is 3.89. The molecule has 24 heavy (non-hydrogen) atoms. The fourth-order valence-electron chi connectivity index (χ4n) is 2.50. The maximum absolute atomic E-state index is 5.48. The molecule has 134 valence electrons. The number of methoxy groups -OCH3 is 1. The summed E-state index contributed by atoms with van der Waals surface area (Å²) in [5, 5.41) is 4.13. The molecule has 0 amide bonds. The SMILES string of the molecule is CCC1CN(C(=NC)NCc2ccc(OCCOC)nc2)CCS1. The molecule has 0 aromatic carbocycles. The van der Waals surface area contributed by atoms with E-state index in [1.165, 1.54) is 6.42 Å². The molecule has 1 atom stereocenters. The van der Waals surface area contributed by atoms with Crippen LogP contribution in [0.2, 0.25) is 0 Å². The number of nitrogens with one attached hydrogen (secondary N) is 1. The molecule has 1 aliphatic heterocycles. The number of aromatic nitrogens is 1. The molecule has 0 bridgehead atoms. The first kappa shape index (κ1) is 18.9. The van der Waals surface area contributed by atoms with Gasteiger partial charge in [-0.3, -0.25) is 4.99 Å². The van der Waals surface area contributed by atoms with Gasteiger partial charge in [0, 0.05) is 57.1 Å². The van der Waals surface area contributed by atoms with Crippen molar-refractivity contribution in [3.8, 4) is 5.88 Å². The summed E-state index contributed by atoms with van der Waals surface area (Å²) in [5.41, 5.74) is 1.11. The molecule has 0 saturated carbocycles. The number of pyridine rings is 1. The standard InChI is InChI=1S/C17H28N4O2S/c1-4-15-13-21(7-10-24-15)17(18-2)20-12-14-5-6-16(19-11-14)23-9-8-22-3/h5-6,11,15H,4,7-10,12-13H2,1-3H3,(H,18,20). The monoisotopic (exact) mass is 352 g/mol. The lowest BCUT2D eigenvalue weighted by molar-refractivity contribution is 0.143. The van der Waals surface area contributed by atoms with Crippen LogP contribution >= 0.6 is 11.8 Å². The Morgan fingerprint density at radius 2 is 2.33 bits per heavy atom. The normalized spacial score (nSPS) is 18.5. The maximum Gasteiger partial charge on any atom is 0.213 e. The van der Waals surface area contributed by atoms with E-state index in [0.717, 1.165) is 30.4 Å². The summed E-state index contributed by atoms with van der Waals surface area (Å²) >= 11 is 2.06. The molecule has 1 aliphatic rings. The Morgan fingerprint density at radius 3 is 3.00 bits per heavy atom. The highest BCUT2D eigenvalue weighted by Gasteiger charge is 2.21. The summed E-state index contributed by atoms with van der Waals surface area (Å²) in [6.07, 6.45) is 3.04. The van der Waals surface area contributed by atoms with Crippen molar-refractivity contribution < 1.29 is 9.47 Å². The van der Waals surface area contributed by atoms with E-state index in [0.29, 0.717) is 30.9 Å². The third-order valence-corrected chi connectivity index (χ3v) is 5.26. The van der Waals surface area contributed by atoms with Crippen molar-refractivity contribution in [1.82, 2.24) is 15.2 Å². The van der Waals surface area contributed by atoms with Crippen LogP contribution in [0.15, 0.2) is 23.3 Å². The molecule has 1 fully saturated rings. The maximum atomic E-state index is 5.48. The highest BCUT2D eigenvalue weighted by atomic mass is 32.2. The van der Waals surface area contributed by atoms with Crippen LogP contribution < -0.4 is 10.1 Å². The second kappa shape index (κ2) is 10.4. The molecule has 7 heteroatoms. The molecule has 0 radical (unpaired) electrons. The summed E-state index contributed by atoms with van der Waals surface area (Å²) in [4.78, 5) is 11.1. The van der Waals surface area contributed by atoms with Crippen molar-refractivity contribution in [3.63, 3.8) is 0 Å². The molecule has 2 heterocycles. The quantitative estimate of drug-likeness (QED) is 0.460. The van der Waals surface area contributed by atoms with Crippen molar-refractivity contribution in [2.45, 2.75) is 25.1 Å². The lowest BCUT2D eigenvalue weighted by Gasteiger charge is -2.34. The highest BCUT2D eigenvalue weighted by Crippen LogP contribution is 2.21. The molecule has 6 nitrogen and oxygen atoms in total. The molecule has 2 rings (SSSR count). The van der Waals surface area contributed by atoms with Gasteiger partial charge >= 0.3 is 0 Å². The van der Waals surface area contributed by atoms with Crippen LogP contribution in [0.1, 0.15) is 18.9 Å². The van der Waals surface area contributed by atoms with Crippen molar-refractivity contribution >= 4 is 17.7 Å². The van der Waals surface area contributed by atoms with E-state index >= 15 is 0 Å². The van der Waals surface area contributed by atoms with E-state index in [1.54, 1.807) is 7.11 Å². The van der Waals surface area contributed by atoms with E-state index in [2.05, 4.69) is 38.9 Å². The Bertz CT molecular complexity index is 510. The summed E-state index contributed by atoms with van der Waals surface area (Å²) in [5.74, 6) is 2.75. The molecule has 1 unspecified atom stereocenters. The first-order valence-electron chi connectivity index (χ1n) is 8.40. The Balaban J connectivity index is 1.82. The highest BCUT2D eigenvalue weighted by molar-refractivity contribution is 8.00. The van der Waals surface area contributed by atoms with Gasteiger partial charge in [-0.25, -0.2) is 4.98 Å². The molecule has 0 aliphatic carbocycles. The van der Waals surface area contributed by atoms with E-state index < -0.39 is 0 Å². The average Bonchev–Trinajstić information content (AvgIpc) is 2.64. The van der Waals surface area contributed by atoms with E-state index in [1.807, 2.05) is 25.4 Å². The molecule has 1 saturated heterocycles. The van der Waals surface area contributed by atoms with Crippen molar-refractivity contribution in [1.29, 1.82) is 0 Å². The Labute approximate surface area is 149 Å². The fourth-order valence-corrected chi connectivity index (χ4v) is 3.68. The number of hydrogen-bond donors (Lipinski definition) is 1. The van der Waals surface area contributed by atoms with Crippen LogP contribution in [-0.4, -0.2) is 67.3 Å². The zero-order valence-electron chi connectivity index (χ0n) is 14.8. The number of thioether (sulfide) groups is 1. The van der Waals surface area contributed by atoms with E-state index in [-0.39, 0.29) is 0 Å². The summed E-state index contributed by atoms with van der Waals surface area (Å²) in [6.45, 7) is 6.14. The minimum Gasteiger partial charge on any atom is -0.475 e. The van der Waals surface area contributed by atoms with Crippen molar-refractivity contribution in [2.24, 2.45) is 4.99 Å². The molecular weight excluding hydrogens is 324 g/mol. The second-order valence-corrected chi connectivity index (χ2v) is 7.00. The number of nitrogens with zero attached hydrogens (tertiary/aromatic N) is 3. The van der Waals surface area contributed by atoms with Gasteiger partial charge in [0.15, 0.2) is 5.96 Å². The summed E-state index contributed by atoms with van der Waals surface area (Å²) < 4.78 is 10.4. The van der Waals surface area contributed by atoms with Gasteiger partial charge in [0.05, 0.1) is 6.61 Å². The smallest absolute Gasteiger partial charge is 0.213 e. The number of ether oxygens (including phenoxy) is 2. The third kappa shape index (κ3) is 5.87. The van der Waals surface area contributed by atoms with E-state index in [9.17, 15) is 0 Å². The van der Waals surface area contributed by atoms with Gasteiger partial charge in [-0.05, 0) is 12.0 Å². The van der Waals surface area contributed by atoms with Gasteiger partial charge in [-0.2, -0.15) is 11.8 Å². The van der Waals surface area contributed by atoms with Crippen LogP contribution in [0.3, 0.4) is 0 Å². The van der Waals surface area contributed by atoms with Gasteiger partial charge in [0.25, 0.3) is 0 Å². The van der Waals surface area contributed by atoms with Gasteiger partial charge in [-0.1, -0.05) is 13.0 Å². The van der Waals surface area contributed by atoms with Crippen LogP contribution in [-0.2, 0) is 11.3 Å². The Hall–Kier alpha value is -1.47. The van der Waals surface area contributed by atoms with Crippen LogP contribution in [0.5, 0.6) is 5.88 Å². The number of aliphatic imine (C=N–C) groups is 1. The minimum atomic E-state index is 0.513. The molecule has 1 N–H and O–H groups in total.